The van der Waals surface area contributed by atoms with E-state index in [1.54, 1.807) is 11.3 Å². The highest BCUT2D eigenvalue weighted by Gasteiger charge is 1.99. The van der Waals surface area contributed by atoms with Gasteiger partial charge in [0, 0.05) is 43.1 Å². The molecule has 0 bridgehead atoms. The van der Waals surface area contributed by atoms with Gasteiger partial charge in [-0.2, -0.15) is 0 Å². The molecule has 0 fully saturated rings. The van der Waals surface area contributed by atoms with Crippen molar-refractivity contribution in [2.24, 2.45) is 0 Å². The third-order valence-corrected chi connectivity index (χ3v) is 3.99. The quantitative estimate of drug-likeness (QED) is 0.897. The molecule has 1 heterocycles. The van der Waals surface area contributed by atoms with Crippen molar-refractivity contribution < 1.29 is 0 Å². The van der Waals surface area contributed by atoms with E-state index in [-0.39, 0.29) is 0 Å². The highest BCUT2D eigenvalue weighted by molar-refractivity contribution is 7.10. The minimum Gasteiger partial charge on any atom is -0.378 e. The van der Waals surface area contributed by atoms with Gasteiger partial charge in [-0.15, -0.1) is 11.3 Å². The molecular weight excluding hydrogens is 264 g/mol. The second kappa shape index (κ2) is 6.23. The Bertz CT molecular complexity index is 491. The molecule has 2 nitrogen and oxygen atoms in total. The summed E-state index contributed by atoms with van der Waals surface area (Å²) in [6.45, 7) is 1.75. The van der Waals surface area contributed by atoms with Crippen LogP contribution in [-0.4, -0.2) is 14.1 Å². The van der Waals surface area contributed by atoms with Crippen LogP contribution in [0.1, 0.15) is 10.4 Å². The Hall–Kier alpha value is -1.03. The maximum Gasteiger partial charge on any atom is 0.0516 e. The SMILES string of the molecule is CN(C)c1ccc(CNCc2cc(Cl)cs2)cc1. The van der Waals surface area contributed by atoms with Crippen molar-refractivity contribution in [3.63, 3.8) is 0 Å². The zero-order valence-electron chi connectivity index (χ0n) is 10.6. The lowest BCUT2D eigenvalue weighted by Crippen LogP contribution is -2.12. The van der Waals surface area contributed by atoms with Crippen molar-refractivity contribution >= 4 is 28.6 Å². The highest BCUT2D eigenvalue weighted by Crippen LogP contribution is 2.19. The number of benzene rings is 1. The first-order valence-corrected chi connectivity index (χ1v) is 7.11. The van der Waals surface area contributed by atoms with Gasteiger partial charge in [0.15, 0.2) is 0 Å². The Morgan fingerprint density at radius 3 is 2.44 bits per heavy atom. The Kier molecular flexibility index (Phi) is 4.64. The van der Waals surface area contributed by atoms with Crippen molar-refractivity contribution in [1.29, 1.82) is 0 Å². The molecule has 0 aliphatic heterocycles. The lowest BCUT2D eigenvalue weighted by atomic mass is 10.2. The maximum absolute atomic E-state index is 5.88. The molecule has 0 aliphatic rings. The van der Waals surface area contributed by atoms with E-state index in [4.69, 9.17) is 11.6 Å². The number of halogens is 1. The van der Waals surface area contributed by atoms with Gasteiger partial charge in [-0.25, -0.2) is 0 Å². The summed E-state index contributed by atoms with van der Waals surface area (Å²) in [7, 11) is 4.10. The third-order valence-electron chi connectivity index (χ3n) is 2.70. The minimum absolute atomic E-state index is 0.826. The highest BCUT2D eigenvalue weighted by atomic mass is 35.5. The van der Waals surface area contributed by atoms with Crippen molar-refractivity contribution in [3.05, 3.63) is 51.2 Å². The average Bonchev–Trinajstić information content (AvgIpc) is 2.76. The zero-order valence-corrected chi connectivity index (χ0v) is 12.2. The van der Waals surface area contributed by atoms with Crippen LogP contribution in [0, 0.1) is 0 Å². The standard InChI is InChI=1S/C14H17ClN2S/c1-17(2)13-5-3-11(4-6-13)8-16-9-14-7-12(15)10-18-14/h3-7,10,16H,8-9H2,1-2H3. The van der Waals surface area contributed by atoms with Gasteiger partial charge in [-0.3, -0.25) is 0 Å². The number of hydrogen-bond acceptors (Lipinski definition) is 3. The molecule has 0 spiro atoms. The van der Waals surface area contributed by atoms with E-state index in [1.807, 2.05) is 25.5 Å². The van der Waals surface area contributed by atoms with E-state index in [0.29, 0.717) is 0 Å². The van der Waals surface area contributed by atoms with E-state index >= 15 is 0 Å². The van der Waals surface area contributed by atoms with E-state index in [2.05, 4.69) is 34.5 Å². The first kappa shape index (κ1) is 13.4. The summed E-state index contributed by atoms with van der Waals surface area (Å²) < 4.78 is 0. The van der Waals surface area contributed by atoms with Crippen LogP contribution in [0.2, 0.25) is 5.02 Å². The summed E-state index contributed by atoms with van der Waals surface area (Å²) in [4.78, 5) is 3.37. The molecule has 2 aromatic rings. The molecule has 0 atom stereocenters. The van der Waals surface area contributed by atoms with Gasteiger partial charge < -0.3 is 10.2 Å². The van der Waals surface area contributed by atoms with E-state index in [1.165, 1.54) is 16.1 Å². The number of nitrogens with zero attached hydrogens (tertiary/aromatic N) is 1. The number of thiophene rings is 1. The first-order valence-electron chi connectivity index (χ1n) is 5.85. The van der Waals surface area contributed by atoms with E-state index in [0.717, 1.165) is 18.1 Å². The zero-order chi connectivity index (χ0) is 13.0. The summed E-state index contributed by atoms with van der Waals surface area (Å²) in [6, 6.07) is 10.6. The lowest BCUT2D eigenvalue weighted by molar-refractivity contribution is 0.701. The normalized spacial score (nSPS) is 10.6. The predicted octanol–water partition coefficient (Wildman–Crippen LogP) is 3.76. The maximum atomic E-state index is 5.88. The van der Waals surface area contributed by atoms with Gasteiger partial charge in [-0.1, -0.05) is 23.7 Å². The molecule has 0 amide bonds. The van der Waals surface area contributed by atoms with Crippen LogP contribution < -0.4 is 10.2 Å². The largest absolute Gasteiger partial charge is 0.378 e. The number of anilines is 1. The van der Waals surface area contributed by atoms with Gasteiger partial charge in [0.25, 0.3) is 0 Å². The van der Waals surface area contributed by atoms with Crippen LogP contribution in [0.25, 0.3) is 0 Å². The molecule has 1 N–H and O–H groups in total. The first-order chi connectivity index (χ1) is 8.65. The van der Waals surface area contributed by atoms with Crippen LogP contribution in [0.4, 0.5) is 5.69 Å². The fourth-order valence-electron chi connectivity index (χ4n) is 1.69. The number of rotatable bonds is 5. The van der Waals surface area contributed by atoms with Gasteiger partial charge in [0.1, 0.15) is 0 Å². The van der Waals surface area contributed by atoms with Crippen LogP contribution in [0.15, 0.2) is 35.7 Å². The molecule has 2 rings (SSSR count). The molecule has 0 aliphatic carbocycles. The topological polar surface area (TPSA) is 15.3 Å². The summed E-state index contributed by atoms with van der Waals surface area (Å²) >= 11 is 7.57. The van der Waals surface area contributed by atoms with Gasteiger partial charge in [0.2, 0.25) is 0 Å². The monoisotopic (exact) mass is 280 g/mol. The van der Waals surface area contributed by atoms with Gasteiger partial charge >= 0.3 is 0 Å². The van der Waals surface area contributed by atoms with Crippen LogP contribution >= 0.6 is 22.9 Å². The summed E-state index contributed by atoms with van der Waals surface area (Å²) in [6.07, 6.45) is 0. The third kappa shape index (κ3) is 3.73. The van der Waals surface area contributed by atoms with Crippen molar-refractivity contribution in [3.8, 4) is 0 Å². The molecule has 0 unspecified atom stereocenters. The Balaban J connectivity index is 1.83. The minimum atomic E-state index is 0.826. The average molecular weight is 281 g/mol. The Morgan fingerprint density at radius 2 is 1.89 bits per heavy atom. The smallest absolute Gasteiger partial charge is 0.0516 e. The second-order valence-electron chi connectivity index (χ2n) is 4.40. The molecule has 1 aromatic carbocycles. The fraction of sp³-hybridized carbons (Fsp3) is 0.286. The molecule has 0 saturated carbocycles. The fourth-order valence-corrected chi connectivity index (χ4v) is 2.73. The van der Waals surface area contributed by atoms with Crippen molar-refractivity contribution in [2.75, 3.05) is 19.0 Å². The van der Waals surface area contributed by atoms with Gasteiger partial charge in [0.05, 0.1) is 5.02 Å². The van der Waals surface area contributed by atoms with Crippen LogP contribution in [0.5, 0.6) is 0 Å². The van der Waals surface area contributed by atoms with Crippen molar-refractivity contribution in [2.45, 2.75) is 13.1 Å². The van der Waals surface area contributed by atoms with Gasteiger partial charge in [-0.05, 0) is 23.8 Å². The molecular formula is C14H17ClN2S. The van der Waals surface area contributed by atoms with Crippen molar-refractivity contribution in [1.82, 2.24) is 5.32 Å². The Labute approximate surface area is 117 Å². The van der Waals surface area contributed by atoms with E-state index < -0.39 is 0 Å². The molecule has 0 radical (unpaired) electrons. The van der Waals surface area contributed by atoms with Crippen LogP contribution in [-0.2, 0) is 13.1 Å². The van der Waals surface area contributed by atoms with E-state index in [9.17, 15) is 0 Å². The molecule has 1 aromatic heterocycles. The summed E-state index contributed by atoms with van der Waals surface area (Å²) in [5.41, 5.74) is 2.52. The number of hydrogen-bond donors (Lipinski definition) is 1. The number of nitrogens with one attached hydrogen (secondary N) is 1. The summed E-state index contributed by atoms with van der Waals surface area (Å²) in [5, 5.41) is 6.21. The molecule has 0 saturated heterocycles. The summed E-state index contributed by atoms with van der Waals surface area (Å²) in [5.74, 6) is 0. The lowest BCUT2D eigenvalue weighted by Gasteiger charge is -2.12. The second-order valence-corrected chi connectivity index (χ2v) is 5.83. The molecule has 96 valence electrons. The Morgan fingerprint density at radius 1 is 1.17 bits per heavy atom. The van der Waals surface area contributed by atoms with Crippen LogP contribution in [0.3, 0.4) is 0 Å². The predicted molar refractivity (Wildman–Crippen MR) is 80.6 cm³/mol. The molecule has 18 heavy (non-hydrogen) atoms. The molecule has 4 heteroatoms.